The number of sulfonamides is 1. The summed E-state index contributed by atoms with van der Waals surface area (Å²) in [5.41, 5.74) is 8.27. The Morgan fingerprint density at radius 3 is 2.38 bits per heavy atom. The third-order valence-corrected chi connectivity index (χ3v) is 6.23. The molecule has 21 heavy (non-hydrogen) atoms. The predicted octanol–water partition coefficient (Wildman–Crippen LogP) is 3.13. The van der Waals surface area contributed by atoms with Crippen molar-refractivity contribution in [2.45, 2.75) is 63.8 Å². The topological polar surface area (TPSA) is 72.2 Å². The predicted molar refractivity (Wildman–Crippen MR) is 86.7 cm³/mol. The van der Waals surface area contributed by atoms with Crippen molar-refractivity contribution in [3.8, 4) is 0 Å². The van der Waals surface area contributed by atoms with Gasteiger partial charge in [-0.3, -0.25) is 0 Å². The lowest BCUT2D eigenvalue weighted by Gasteiger charge is -2.28. The van der Waals surface area contributed by atoms with Crippen LogP contribution in [0.2, 0.25) is 0 Å². The molecular weight excluding hydrogens is 284 g/mol. The molecule has 0 heterocycles. The summed E-state index contributed by atoms with van der Waals surface area (Å²) in [5, 5.41) is 0. The minimum Gasteiger partial charge on any atom is -0.398 e. The third-order valence-electron chi connectivity index (χ3n) is 4.69. The summed E-state index contributed by atoms with van der Waals surface area (Å²) in [6.07, 6.45) is 5.89. The molecule has 1 fully saturated rings. The highest BCUT2D eigenvalue weighted by Crippen LogP contribution is 2.28. The van der Waals surface area contributed by atoms with Crippen LogP contribution >= 0.6 is 0 Å². The van der Waals surface area contributed by atoms with E-state index in [0.29, 0.717) is 11.6 Å². The van der Waals surface area contributed by atoms with Crippen LogP contribution in [0.25, 0.3) is 0 Å². The van der Waals surface area contributed by atoms with Gasteiger partial charge in [0.05, 0.1) is 4.90 Å². The van der Waals surface area contributed by atoms with Crippen molar-refractivity contribution >= 4 is 15.7 Å². The van der Waals surface area contributed by atoms with E-state index in [4.69, 9.17) is 5.73 Å². The van der Waals surface area contributed by atoms with Gasteiger partial charge in [-0.05, 0) is 62.8 Å². The lowest BCUT2D eigenvalue weighted by molar-refractivity contribution is 0.303. The second-order valence-electron chi connectivity index (χ2n) is 6.26. The summed E-state index contributed by atoms with van der Waals surface area (Å²) in [4.78, 5) is 0.269. The molecule has 1 atom stereocenters. The molecule has 1 saturated carbocycles. The lowest BCUT2D eigenvalue weighted by Crippen LogP contribution is -2.38. The number of nitrogens with one attached hydrogen (secondary N) is 1. The average molecular weight is 310 g/mol. The number of benzene rings is 1. The first-order valence-corrected chi connectivity index (χ1v) is 9.18. The van der Waals surface area contributed by atoms with E-state index in [2.05, 4.69) is 4.72 Å². The zero-order chi connectivity index (χ0) is 15.6. The fraction of sp³-hybridized carbons (Fsp3) is 0.625. The van der Waals surface area contributed by atoms with E-state index in [9.17, 15) is 8.42 Å². The Morgan fingerprint density at radius 2 is 1.81 bits per heavy atom. The highest BCUT2D eigenvalue weighted by atomic mass is 32.2. The Hall–Kier alpha value is -1.07. The molecule has 0 amide bonds. The smallest absolute Gasteiger partial charge is 0.240 e. The van der Waals surface area contributed by atoms with Gasteiger partial charge in [0.2, 0.25) is 10.0 Å². The summed E-state index contributed by atoms with van der Waals surface area (Å²) in [6.45, 7) is 5.76. The van der Waals surface area contributed by atoms with Gasteiger partial charge in [-0.2, -0.15) is 0 Å². The van der Waals surface area contributed by atoms with Crippen LogP contribution < -0.4 is 10.5 Å². The molecule has 0 radical (unpaired) electrons. The largest absolute Gasteiger partial charge is 0.398 e. The number of aryl methyl sites for hydroxylation is 1. The molecule has 0 spiro atoms. The molecule has 118 valence electrons. The monoisotopic (exact) mass is 310 g/mol. The molecule has 0 aromatic heterocycles. The van der Waals surface area contributed by atoms with Crippen molar-refractivity contribution in [3.63, 3.8) is 0 Å². The molecule has 5 heteroatoms. The first-order valence-electron chi connectivity index (χ1n) is 7.70. The summed E-state index contributed by atoms with van der Waals surface area (Å²) in [6, 6.07) is 3.22. The van der Waals surface area contributed by atoms with Gasteiger partial charge in [0.15, 0.2) is 0 Å². The van der Waals surface area contributed by atoms with Crippen molar-refractivity contribution in [2.75, 3.05) is 5.73 Å². The van der Waals surface area contributed by atoms with Gasteiger partial charge in [0.25, 0.3) is 0 Å². The number of hydrogen-bond donors (Lipinski definition) is 2. The second-order valence-corrected chi connectivity index (χ2v) is 7.98. The highest BCUT2D eigenvalue weighted by molar-refractivity contribution is 7.89. The van der Waals surface area contributed by atoms with Crippen LogP contribution in [0.5, 0.6) is 0 Å². The standard InChI is InChI=1S/C16H26N2O2S/c1-11-9-15(10-16(17)12(11)2)21(19,20)18-13(3)14-7-5-4-6-8-14/h9-10,13-14,18H,4-8,17H2,1-3H3. The quantitative estimate of drug-likeness (QED) is 0.839. The number of anilines is 1. The fourth-order valence-electron chi connectivity index (χ4n) is 3.05. The van der Waals surface area contributed by atoms with Gasteiger partial charge >= 0.3 is 0 Å². The number of nitrogen functional groups attached to an aromatic ring is 1. The van der Waals surface area contributed by atoms with Gasteiger partial charge in [-0.1, -0.05) is 19.3 Å². The van der Waals surface area contributed by atoms with Crippen molar-refractivity contribution in [1.29, 1.82) is 0 Å². The van der Waals surface area contributed by atoms with E-state index in [1.807, 2.05) is 20.8 Å². The van der Waals surface area contributed by atoms with Gasteiger partial charge in [-0.15, -0.1) is 0 Å². The summed E-state index contributed by atoms with van der Waals surface area (Å²) in [5.74, 6) is 0.442. The van der Waals surface area contributed by atoms with Crippen LogP contribution in [0.3, 0.4) is 0 Å². The molecule has 2 rings (SSSR count). The Kier molecular flexibility index (Phi) is 4.94. The van der Waals surface area contributed by atoms with Crippen LogP contribution in [0.1, 0.15) is 50.2 Å². The summed E-state index contributed by atoms with van der Waals surface area (Å²) >= 11 is 0. The van der Waals surface area contributed by atoms with Crippen LogP contribution in [0, 0.1) is 19.8 Å². The SMILES string of the molecule is Cc1cc(S(=O)(=O)NC(C)C2CCCCC2)cc(N)c1C. The third kappa shape index (κ3) is 3.77. The average Bonchev–Trinajstić information content (AvgIpc) is 2.44. The maximum absolute atomic E-state index is 12.5. The second kappa shape index (κ2) is 6.36. The van der Waals surface area contributed by atoms with Crippen molar-refractivity contribution < 1.29 is 8.42 Å². The molecule has 4 nitrogen and oxygen atoms in total. The Labute approximate surface area is 128 Å². The van der Waals surface area contributed by atoms with E-state index in [1.54, 1.807) is 12.1 Å². The zero-order valence-corrected chi connectivity index (χ0v) is 14.0. The number of nitrogens with two attached hydrogens (primary N) is 1. The van der Waals surface area contributed by atoms with Gasteiger partial charge in [-0.25, -0.2) is 13.1 Å². The first-order chi connectivity index (χ1) is 9.81. The highest BCUT2D eigenvalue weighted by Gasteiger charge is 2.25. The maximum Gasteiger partial charge on any atom is 0.240 e. The molecule has 0 aliphatic heterocycles. The summed E-state index contributed by atoms with van der Waals surface area (Å²) < 4.78 is 27.9. The molecule has 0 saturated heterocycles. The molecule has 1 aromatic carbocycles. The zero-order valence-electron chi connectivity index (χ0n) is 13.1. The van der Waals surface area contributed by atoms with Gasteiger partial charge in [0.1, 0.15) is 0 Å². The summed E-state index contributed by atoms with van der Waals surface area (Å²) in [7, 11) is -3.50. The lowest BCUT2D eigenvalue weighted by atomic mass is 9.85. The van der Waals surface area contributed by atoms with Crippen LogP contribution in [-0.2, 0) is 10.0 Å². The van der Waals surface area contributed by atoms with E-state index in [-0.39, 0.29) is 10.9 Å². The Balaban J connectivity index is 2.18. The van der Waals surface area contributed by atoms with E-state index >= 15 is 0 Å². The van der Waals surface area contributed by atoms with Crippen molar-refractivity contribution in [1.82, 2.24) is 4.72 Å². The molecule has 1 aliphatic carbocycles. The molecule has 1 aromatic rings. The molecule has 1 unspecified atom stereocenters. The van der Waals surface area contributed by atoms with E-state index in [0.717, 1.165) is 24.0 Å². The van der Waals surface area contributed by atoms with Crippen molar-refractivity contribution in [2.24, 2.45) is 5.92 Å². The Bertz CT molecular complexity index is 582. The molecule has 3 N–H and O–H groups in total. The molecular formula is C16H26N2O2S. The number of rotatable bonds is 4. The number of hydrogen-bond acceptors (Lipinski definition) is 3. The minimum atomic E-state index is -3.50. The van der Waals surface area contributed by atoms with Crippen LogP contribution in [-0.4, -0.2) is 14.5 Å². The molecule has 1 aliphatic rings. The van der Waals surface area contributed by atoms with E-state index < -0.39 is 10.0 Å². The van der Waals surface area contributed by atoms with Crippen molar-refractivity contribution in [3.05, 3.63) is 23.3 Å². The molecule has 0 bridgehead atoms. The van der Waals surface area contributed by atoms with Crippen LogP contribution in [0.15, 0.2) is 17.0 Å². The first kappa shape index (κ1) is 16.3. The Morgan fingerprint density at radius 1 is 1.19 bits per heavy atom. The van der Waals surface area contributed by atoms with Gasteiger partial charge < -0.3 is 5.73 Å². The van der Waals surface area contributed by atoms with E-state index in [1.165, 1.54) is 19.3 Å². The normalized spacial score (nSPS) is 18.6. The minimum absolute atomic E-state index is 0.0295. The van der Waals surface area contributed by atoms with Crippen LogP contribution in [0.4, 0.5) is 5.69 Å². The van der Waals surface area contributed by atoms with Gasteiger partial charge in [0, 0.05) is 11.7 Å². The maximum atomic E-state index is 12.5. The fourth-order valence-corrected chi connectivity index (χ4v) is 4.48.